The fraction of sp³-hybridized carbons (Fsp3) is 0.0769. The van der Waals surface area contributed by atoms with Gasteiger partial charge in [-0.05, 0) is 0 Å². The number of hydrogen-bond donors (Lipinski definition) is 0. The van der Waals surface area contributed by atoms with E-state index in [0.29, 0.717) is 0 Å². The maximum absolute atomic E-state index is 4.00. The Kier molecular flexibility index (Phi) is 6.30. The third-order valence-electron chi connectivity index (χ3n) is 2.10. The van der Waals surface area contributed by atoms with Gasteiger partial charge in [-0.2, -0.15) is 23.3 Å². The van der Waals surface area contributed by atoms with E-state index in [2.05, 4.69) is 22.9 Å². The Balaban J connectivity index is 0.000000205. The third-order valence-corrected chi connectivity index (χ3v) is 2.10. The molecule has 0 bridgehead atoms. The Hall–Kier alpha value is -1.38. The molecule has 17 heavy (non-hydrogen) atoms. The van der Waals surface area contributed by atoms with Crippen molar-refractivity contribution in [2.45, 2.75) is 6.54 Å². The van der Waals surface area contributed by atoms with Crippen molar-refractivity contribution in [3.63, 3.8) is 0 Å². The van der Waals surface area contributed by atoms with Crippen LogP contribution in [0.25, 0.3) is 0 Å². The van der Waals surface area contributed by atoms with Crippen LogP contribution in [0, 0.1) is 18.8 Å². The van der Waals surface area contributed by atoms with Crippen molar-refractivity contribution in [1.29, 1.82) is 0 Å². The average Bonchev–Trinajstić information content (AvgIpc) is 3.05. The second-order valence-corrected chi connectivity index (χ2v) is 3.35. The first-order chi connectivity index (χ1) is 7.95. The molecule has 1 aliphatic carbocycles. The average molecular weight is 267 g/mol. The predicted octanol–water partition coefficient (Wildman–Crippen LogP) is 2.23. The van der Waals surface area contributed by atoms with E-state index in [-0.39, 0.29) is 17.1 Å². The predicted molar refractivity (Wildman–Crippen MR) is 63.0 cm³/mol. The minimum atomic E-state index is 0. The Labute approximate surface area is 112 Å². The Morgan fingerprint density at radius 2 is 2.06 bits per heavy atom. The van der Waals surface area contributed by atoms with Crippen LogP contribution in [0.2, 0.25) is 0 Å². The zero-order valence-corrected chi connectivity index (χ0v) is 10.4. The van der Waals surface area contributed by atoms with Gasteiger partial charge in [-0.3, -0.25) is 4.68 Å². The molecule has 0 amide bonds. The van der Waals surface area contributed by atoms with Gasteiger partial charge < -0.3 is 0 Å². The van der Waals surface area contributed by atoms with Gasteiger partial charge in [0.25, 0.3) is 0 Å². The summed E-state index contributed by atoms with van der Waals surface area (Å²) in [6, 6.07) is 10.0. The molecule has 1 aromatic carbocycles. The summed E-state index contributed by atoms with van der Waals surface area (Å²) in [6.45, 7) is 0.812. The summed E-state index contributed by atoms with van der Waals surface area (Å²) in [7, 11) is 0. The molecule has 1 aromatic heterocycles. The van der Waals surface area contributed by atoms with E-state index in [9.17, 15) is 0 Å². The third kappa shape index (κ3) is 4.98. The molecule has 3 rings (SSSR count). The standard InChI is InChI=1S/C8H8N3.C5H5.Fe/c1-2-4-8(3-1)5-11-7-9-6-10-11;1-2-4-5-3-1;/h1-4,6-7H,5H2;1-5H;/q2*-1;+2. The van der Waals surface area contributed by atoms with E-state index in [4.69, 9.17) is 0 Å². The molecule has 3 nitrogen and oxygen atoms in total. The first-order valence-electron chi connectivity index (χ1n) is 5.15. The van der Waals surface area contributed by atoms with Gasteiger partial charge in [0, 0.05) is 6.54 Å². The van der Waals surface area contributed by atoms with Crippen LogP contribution in [-0.4, -0.2) is 14.8 Å². The molecule has 0 N–H and O–H groups in total. The van der Waals surface area contributed by atoms with Gasteiger partial charge in [0.2, 0.25) is 0 Å². The van der Waals surface area contributed by atoms with E-state index in [1.54, 1.807) is 17.3 Å². The largest absolute Gasteiger partial charge is 2.00 e. The normalized spacial score (nSPS) is 13.4. The summed E-state index contributed by atoms with van der Waals surface area (Å²) in [4.78, 5) is 3.85. The fourth-order valence-corrected chi connectivity index (χ4v) is 1.34. The van der Waals surface area contributed by atoms with Crippen LogP contribution in [0.15, 0.2) is 55.1 Å². The zero-order valence-electron chi connectivity index (χ0n) is 9.25. The van der Waals surface area contributed by atoms with E-state index in [1.165, 1.54) is 5.92 Å². The van der Waals surface area contributed by atoms with Crippen molar-refractivity contribution in [2.24, 2.45) is 0 Å². The molecule has 2 aromatic rings. The smallest absolute Gasteiger partial charge is 0.254 e. The number of hydrogen-bond acceptors (Lipinski definition) is 2. The molecule has 0 spiro atoms. The van der Waals surface area contributed by atoms with Gasteiger partial charge in [-0.15, -0.1) is 6.42 Å². The zero-order chi connectivity index (χ0) is 11.1. The van der Waals surface area contributed by atoms with Crippen LogP contribution in [0.1, 0.15) is 0 Å². The minimum Gasteiger partial charge on any atom is -0.254 e. The van der Waals surface area contributed by atoms with Gasteiger partial charge in [-0.25, -0.2) is 35.7 Å². The van der Waals surface area contributed by atoms with Crippen molar-refractivity contribution in [2.75, 3.05) is 0 Å². The molecule has 2 radical (unpaired) electrons. The molecule has 88 valence electrons. The molecule has 0 aliphatic heterocycles. The van der Waals surface area contributed by atoms with E-state index >= 15 is 0 Å². The first-order valence-corrected chi connectivity index (χ1v) is 5.15. The van der Waals surface area contributed by atoms with Gasteiger partial charge in [0.1, 0.15) is 12.7 Å². The summed E-state index contributed by atoms with van der Waals surface area (Å²) in [6.07, 6.45) is 11.4. The van der Waals surface area contributed by atoms with Crippen molar-refractivity contribution >= 4 is 0 Å². The molecular weight excluding hydrogens is 254 g/mol. The van der Waals surface area contributed by atoms with Crippen LogP contribution in [0.4, 0.5) is 0 Å². The number of nitrogens with zero attached hydrogens (tertiary/aromatic N) is 3. The second-order valence-electron chi connectivity index (χ2n) is 3.35. The van der Waals surface area contributed by atoms with Gasteiger partial charge in [0.05, 0.1) is 0 Å². The molecular formula is C13H13FeN3. The minimum absolute atomic E-state index is 0. The van der Waals surface area contributed by atoms with Crippen LogP contribution >= 0.6 is 0 Å². The molecule has 4 heteroatoms. The van der Waals surface area contributed by atoms with Gasteiger partial charge in [0.15, 0.2) is 0 Å². The molecule has 1 heterocycles. The number of allylic oxidation sites excluding steroid dienone is 2. The summed E-state index contributed by atoms with van der Waals surface area (Å²) in [5, 5.41) is 4.00. The van der Waals surface area contributed by atoms with Crippen molar-refractivity contribution < 1.29 is 17.1 Å². The van der Waals surface area contributed by atoms with Crippen molar-refractivity contribution in [3.8, 4) is 0 Å². The molecule has 1 aliphatic rings. The first kappa shape index (κ1) is 13.7. The summed E-state index contributed by atoms with van der Waals surface area (Å²) in [5.41, 5.74) is 0. The van der Waals surface area contributed by atoms with E-state index in [0.717, 1.165) is 6.54 Å². The van der Waals surface area contributed by atoms with Crippen LogP contribution in [0.3, 0.4) is 0 Å². The van der Waals surface area contributed by atoms with Gasteiger partial charge >= 0.3 is 17.1 Å². The second kappa shape index (κ2) is 7.82. The van der Waals surface area contributed by atoms with Gasteiger partial charge in [-0.1, -0.05) is 5.92 Å². The topological polar surface area (TPSA) is 30.7 Å². The van der Waals surface area contributed by atoms with E-state index < -0.39 is 0 Å². The molecule has 0 atom stereocenters. The van der Waals surface area contributed by atoms with E-state index in [1.807, 2.05) is 42.5 Å². The number of aromatic nitrogens is 3. The monoisotopic (exact) mass is 267 g/mol. The van der Waals surface area contributed by atoms with Crippen LogP contribution in [0.5, 0.6) is 0 Å². The van der Waals surface area contributed by atoms with Crippen molar-refractivity contribution in [3.05, 3.63) is 73.9 Å². The summed E-state index contributed by atoms with van der Waals surface area (Å²) < 4.78 is 1.80. The van der Waals surface area contributed by atoms with Crippen LogP contribution < -0.4 is 0 Å². The summed E-state index contributed by atoms with van der Waals surface area (Å²) >= 11 is 0. The van der Waals surface area contributed by atoms with Crippen molar-refractivity contribution in [1.82, 2.24) is 14.8 Å². The Morgan fingerprint density at radius 1 is 1.24 bits per heavy atom. The van der Waals surface area contributed by atoms with Crippen LogP contribution in [-0.2, 0) is 23.6 Å². The quantitative estimate of drug-likeness (QED) is 0.617. The molecule has 0 saturated heterocycles. The fourth-order valence-electron chi connectivity index (χ4n) is 1.34. The maximum atomic E-state index is 4.00. The Morgan fingerprint density at radius 3 is 2.53 bits per heavy atom. The molecule has 0 unspecified atom stereocenters. The SMILES string of the molecule is [CH]1C=C[CH-][C]1Cn1cncn1.[Fe+2].c1cc[cH-]c1. The molecule has 0 saturated carbocycles. The molecule has 0 fully saturated rings. The Bertz CT molecular complexity index is 367. The summed E-state index contributed by atoms with van der Waals surface area (Å²) in [5.74, 6) is 1.26. The number of rotatable bonds is 2. The maximum Gasteiger partial charge on any atom is 2.00 e.